The molecule has 2 aromatic rings. The Morgan fingerprint density at radius 2 is 1.91 bits per heavy atom. The summed E-state index contributed by atoms with van der Waals surface area (Å²) in [7, 11) is 1.68. The fraction of sp³-hybridized carbons (Fsp3) is 0.312. The molecule has 7 nitrogen and oxygen atoms in total. The molecule has 0 amide bonds. The van der Waals surface area contributed by atoms with Gasteiger partial charge in [0.1, 0.15) is 11.6 Å². The minimum atomic E-state index is -1.82. The molecule has 1 aromatic carbocycles. The number of aryl methyl sites for hydroxylation is 2. The van der Waals surface area contributed by atoms with Gasteiger partial charge in [-0.2, -0.15) is 0 Å². The summed E-state index contributed by atoms with van der Waals surface area (Å²) in [5.41, 5.74) is 3.38. The number of aromatic amines is 1. The van der Waals surface area contributed by atoms with Gasteiger partial charge in [0, 0.05) is 11.3 Å². The topological polar surface area (TPSA) is 113 Å². The van der Waals surface area contributed by atoms with Gasteiger partial charge in [-0.1, -0.05) is 25.5 Å². The Hall–Kier alpha value is -2.83. The Morgan fingerprint density at radius 3 is 2.43 bits per heavy atom. The maximum absolute atomic E-state index is 9.10. The monoisotopic (exact) mass is 320 g/mol. The molecule has 0 saturated heterocycles. The van der Waals surface area contributed by atoms with Crippen molar-refractivity contribution in [2.75, 3.05) is 7.11 Å². The number of nitrogens with zero attached hydrogens (tertiary/aromatic N) is 1. The molecule has 0 saturated carbocycles. The molecule has 0 radical (unpaired) electrons. The molecule has 124 valence electrons. The van der Waals surface area contributed by atoms with Crippen molar-refractivity contribution in [2.45, 2.75) is 26.7 Å². The molecule has 1 heterocycles. The predicted octanol–water partition coefficient (Wildman–Crippen LogP) is 2.50. The van der Waals surface area contributed by atoms with Crippen LogP contribution in [0.1, 0.15) is 24.7 Å². The van der Waals surface area contributed by atoms with Crippen molar-refractivity contribution in [3.63, 3.8) is 0 Å². The second-order valence-corrected chi connectivity index (χ2v) is 4.75. The first kappa shape index (κ1) is 18.2. The number of rotatable bonds is 4. The SMILES string of the molecule is CCCc1nc(-c2cccc(OC)c2)[nH]c1C.O=C(O)C(=O)O. The van der Waals surface area contributed by atoms with E-state index in [0.717, 1.165) is 41.4 Å². The number of benzene rings is 1. The molecule has 2 rings (SSSR count). The summed E-state index contributed by atoms with van der Waals surface area (Å²) in [6, 6.07) is 7.95. The van der Waals surface area contributed by atoms with Crippen molar-refractivity contribution < 1.29 is 24.5 Å². The van der Waals surface area contributed by atoms with Gasteiger partial charge >= 0.3 is 11.9 Å². The third kappa shape index (κ3) is 5.46. The number of carbonyl (C=O) groups is 2. The van der Waals surface area contributed by atoms with E-state index in [-0.39, 0.29) is 0 Å². The summed E-state index contributed by atoms with van der Waals surface area (Å²) in [5, 5.41) is 14.8. The molecule has 0 unspecified atom stereocenters. The quantitative estimate of drug-likeness (QED) is 0.746. The van der Waals surface area contributed by atoms with E-state index < -0.39 is 11.9 Å². The van der Waals surface area contributed by atoms with Gasteiger partial charge in [0.25, 0.3) is 0 Å². The largest absolute Gasteiger partial charge is 0.497 e. The van der Waals surface area contributed by atoms with Crippen LogP contribution in [-0.2, 0) is 16.0 Å². The first-order chi connectivity index (χ1) is 10.9. The van der Waals surface area contributed by atoms with Gasteiger partial charge < -0.3 is 19.9 Å². The van der Waals surface area contributed by atoms with Crippen molar-refractivity contribution in [1.29, 1.82) is 0 Å². The molecular weight excluding hydrogens is 300 g/mol. The second kappa shape index (κ2) is 8.57. The number of ether oxygens (including phenoxy) is 1. The number of hydrogen-bond acceptors (Lipinski definition) is 4. The number of imidazole rings is 1. The van der Waals surface area contributed by atoms with Gasteiger partial charge in [-0.3, -0.25) is 0 Å². The van der Waals surface area contributed by atoms with Crippen LogP contribution in [-0.4, -0.2) is 39.2 Å². The molecule has 0 fully saturated rings. The lowest BCUT2D eigenvalue weighted by atomic mass is 10.2. The molecular formula is C16H20N2O5. The Morgan fingerprint density at radius 1 is 1.26 bits per heavy atom. The van der Waals surface area contributed by atoms with E-state index in [9.17, 15) is 0 Å². The second-order valence-electron chi connectivity index (χ2n) is 4.75. The van der Waals surface area contributed by atoms with Gasteiger partial charge in [0.15, 0.2) is 0 Å². The number of hydrogen-bond donors (Lipinski definition) is 3. The lowest BCUT2D eigenvalue weighted by Crippen LogP contribution is -2.09. The number of nitrogens with one attached hydrogen (secondary N) is 1. The zero-order chi connectivity index (χ0) is 17.4. The van der Waals surface area contributed by atoms with E-state index in [2.05, 4.69) is 23.8 Å². The first-order valence-corrected chi connectivity index (χ1v) is 7.05. The maximum Gasteiger partial charge on any atom is 0.414 e. The summed E-state index contributed by atoms with van der Waals surface area (Å²) >= 11 is 0. The molecule has 0 atom stereocenters. The molecule has 1 aromatic heterocycles. The molecule has 3 N–H and O–H groups in total. The predicted molar refractivity (Wildman–Crippen MR) is 84.6 cm³/mol. The normalized spacial score (nSPS) is 9.70. The summed E-state index contributed by atoms with van der Waals surface area (Å²) < 4.78 is 5.22. The van der Waals surface area contributed by atoms with Gasteiger partial charge in [-0.15, -0.1) is 0 Å². The Balaban J connectivity index is 0.000000379. The van der Waals surface area contributed by atoms with Crippen LogP contribution in [0.5, 0.6) is 5.75 Å². The van der Waals surface area contributed by atoms with Crippen LogP contribution in [0.15, 0.2) is 24.3 Å². The highest BCUT2D eigenvalue weighted by molar-refractivity contribution is 6.27. The van der Waals surface area contributed by atoms with Crippen molar-refractivity contribution >= 4 is 11.9 Å². The summed E-state index contributed by atoms with van der Waals surface area (Å²) in [5.74, 6) is -1.87. The van der Waals surface area contributed by atoms with Crippen molar-refractivity contribution in [2.24, 2.45) is 0 Å². The van der Waals surface area contributed by atoms with Crippen molar-refractivity contribution in [3.8, 4) is 17.1 Å². The highest BCUT2D eigenvalue weighted by atomic mass is 16.5. The van der Waals surface area contributed by atoms with Gasteiger partial charge in [0.05, 0.1) is 12.8 Å². The highest BCUT2D eigenvalue weighted by Crippen LogP contribution is 2.22. The summed E-state index contributed by atoms with van der Waals surface area (Å²) in [6.45, 7) is 4.24. The van der Waals surface area contributed by atoms with Crippen LogP contribution in [0.3, 0.4) is 0 Å². The lowest BCUT2D eigenvalue weighted by molar-refractivity contribution is -0.159. The van der Waals surface area contributed by atoms with E-state index in [1.807, 2.05) is 24.3 Å². The van der Waals surface area contributed by atoms with Gasteiger partial charge in [-0.25, -0.2) is 14.6 Å². The lowest BCUT2D eigenvalue weighted by Gasteiger charge is -2.01. The van der Waals surface area contributed by atoms with Crippen LogP contribution < -0.4 is 4.74 Å². The first-order valence-electron chi connectivity index (χ1n) is 7.05. The van der Waals surface area contributed by atoms with Gasteiger partial charge in [0.2, 0.25) is 0 Å². The van der Waals surface area contributed by atoms with E-state index >= 15 is 0 Å². The molecule has 0 aliphatic rings. The average molecular weight is 320 g/mol. The molecule has 0 spiro atoms. The number of aromatic nitrogens is 2. The van der Waals surface area contributed by atoms with E-state index in [1.165, 1.54) is 0 Å². The third-order valence-corrected chi connectivity index (χ3v) is 3.00. The fourth-order valence-corrected chi connectivity index (χ4v) is 1.88. The minimum absolute atomic E-state index is 0.855. The van der Waals surface area contributed by atoms with Crippen LogP contribution in [0, 0.1) is 6.92 Å². The minimum Gasteiger partial charge on any atom is -0.497 e. The number of carboxylic acid groups (broad SMARTS) is 2. The van der Waals surface area contributed by atoms with Crippen LogP contribution in [0.25, 0.3) is 11.4 Å². The summed E-state index contributed by atoms with van der Waals surface area (Å²) in [4.78, 5) is 26.2. The Labute approximate surface area is 134 Å². The molecule has 0 aliphatic heterocycles. The molecule has 0 bridgehead atoms. The standard InChI is InChI=1S/C14H18N2O.C2H2O4/c1-4-6-13-10(2)15-14(16-13)11-7-5-8-12(9-11)17-3;3-1(4)2(5)6/h5,7-9H,4,6H2,1-3H3,(H,15,16);(H,3,4)(H,5,6). The Kier molecular flexibility index (Phi) is 6.79. The van der Waals surface area contributed by atoms with Crippen LogP contribution in [0.4, 0.5) is 0 Å². The van der Waals surface area contributed by atoms with Crippen LogP contribution in [0.2, 0.25) is 0 Å². The van der Waals surface area contributed by atoms with Crippen LogP contribution >= 0.6 is 0 Å². The number of carboxylic acids is 2. The fourth-order valence-electron chi connectivity index (χ4n) is 1.88. The van der Waals surface area contributed by atoms with Crippen molar-refractivity contribution in [1.82, 2.24) is 9.97 Å². The van der Waals surface area contributed by atoms with E-state index in [0.29, 0.717) is 0 Å². The number of methoxy groups -OCH3 is 1. The maximum atomic E-state index is 9.10. The molecule has 0 aliphatic carbocycles. The van der Waals surface area contributed by atoms with E-state index in [4.69, 9.17) is 24.5 Å². The van der Waals surface area contributed by atoms with E-state index in [1.54, 1.807) is 7.11 Å². The smallest absolute Gasteiger partial charge is 0.414 e. The summed E-state index contributed by atoms with van der Waals surface area (Å²) in [6.07, 6.45) is 2.13. The number of aliphatic carboxylic acids is 2. The molecule has 7 heteroatoms. The Bertz CT molecular complexity index is 667. The van der Waals surface area contributed by atoms with Gasteiger partial charge in [-0.05, 0) is 25.5 Å². The zero-order valence-corrected chi connectivity index (χ0v) is 13.3. The molecule has 23 heavy (non-hydrogen) atoms. The van der Waals surface area contributed by atoms with Crippen molar-refractivity contribution in [3.05, 3.63) is 35.7 Å². The zero-order valence-electron chi connectivity index (χ0n) is 13.3. The number of H-pyrrole nitrogens is 1. The average Bonchev–Trinajstić information content (AvgIpc) is 2.89. The third-order valence-electron chi connectivity index (χ3n) is 3.00. The highest BCUT2D eigenvalue weighted by Gasteiger charge is 2.08.